The van der Waals surface area contributed by atoms with E-state index in [1.54, 1.807) is 0 Å². The summed E-state index contributed by atoms with van der Waals surface area (Å²) in [5.74, 6) is 0. The molecule has 0 bridgehead atoms. The Kier molecular flexibility index (Phi) is 3.88. The zero-order valence-electron chi connectivity index (χ0n) is 10.5. The first kappa shape index (κ1) is 16.1. The smallest absolute Gasteiger partial charge is 0.178 e. The van der Waals surface area contributed by atoms with E-state index in [9.17, 15) is 25.3 Å². The van der Waals surface area contributed by atoms with Gasteiger partial charge in [0, 0.05) is 18.8 Å². The Labute approximate surface area is 113 Å². The molecule has 1 aromatic carbocycles. The Bertz CT molecular complexity index is 776. The fourth-order valence-electron chi connectivity index (χ4n) is 1.55. The lowest BCUT2D eigenvalue weighted by Gasteiger charge is -2.12. The number of sulfone groups is 3. The molecule has 0 aliphatic carbocycles. The van der Waals surface area contributed by atoms with Crippen molar-refractivity contribution in [2.24, 2.45) is 0 Å². The molecule has 0 saturated heterocycles. The molecule has 0 spiro atoms. The number of hydrogen-bond acceptors (Lipinski definition) is 6. The molecule has 0 amide bonds. The van der Waals surface area contributed by atoms with Gasteiger partial charge in [-0.3, -0.25) is 0 Å². The van der Waals surface area contributed by atoms with Gasteiger partial charge in [0.2, 0.25) is 0 Å². The average molecular weight is 325 g/mol. The lowest BCUT2D eigenvalue weighted by atomic mass is 10.2. The normalized spacial score (nSPS) is 13.5. The second-order valence-corrected chi connectivity index (χ2v) is 10.2. The van der Waals surface area contributed by atoms with Crippen molar-refractivity contribution in [3.63, 3.8) is 0 Å². The van der Waals surface area contributed by atoms with E-state index >= 15 is 0 Å². The molecule has 0 atom stereocenters. The number of hydrogen-bond donors (Lipinski definition) is 0. The standard InChI is InChI=1S/C10H13O6S3/c1-7-5-8(17(2,11)12)10(19(4,15)16)9(6-7)18(3,13)14/h5-6H,1H2,2-4H3. The summed E-state index contributed by atoms with van der Waals surface area (Å²) in [6, 6.07) is 2.08. The Morgan fingerprint density at radius 1 is 0.737 bits per heavy atom. The van der Waals surface area contributed by atoms with Crippen molar-refractivity contribution in [2.45, 2.75) is 14.7 Å². The van der Waals surface area contributed by atoms with E-state index in [1.807, 2.05) is 0 Å². The van der Waals surface area contributed by atoms with Gasteiger partial charge in [0.05, 0.1) is 9.79 Å². The second-order valence-electron chi connectivity index (χ2n) is 4.24. The lowest BCUT2D eigenvalue weighted by Crippen LogP contribution is -2.14. The predicted molar refractivity (Wildman–Crippen MR) is 70.2 cm³/mol. The highest BCUT2D eigenvalue weighted by Gasteiger charge is 2.29. The molecule has 0 fully saturated rings. The molecule has 19 heavy (non-hydrogen) atoms. The van der Waals surface area contributed by atoms with Gasteiger partial charge >= 0.3 is 0 Å². The van der Waals surface area contributed by atoms with Crippen LogP contribution >= 0.6 is 0 Å². The summed E-state index contributed by atoms with van der Waals surface area (Å²) in [7, 11) is -11.8. The summed E-state index contributed by atoms with van der Waals surface area (Å²) in [5.41, 5.74) is 0.105. The first-order valence-electron chi connectivity index (χ1n) is 4.85. The summed E-state index contributed by atoms with van der Waals surface area (Å²) in [6.45, 7) is 3.47. The van der Waals surface area contributed by atoms with E-state index in [-0.39, 0.29) is 5.56 Å². The Hall–Kier alpha value is -0.930. The van der Waals surface area contributed by atoms with Crippen LogP contribution in [0, 0.1) is 6.92 Å². The number of rotatable bonds is 3. The van der Waals surface area contributed by atoms with Crippen molar-refractivity contribution in [3.8, 4) is 0 Å². The SMILES string of the molecule is [CH2]c1cc(S(C)(=O)=O)c(S(C)(=O)=O)c(S(C)(=O)=O)c1. The van der Waals surface area contributed by atoms with Crippen molar-refractivity contribution in [2.75, 3.05) is 18.8 Å². The maximum Gasteiger partial charge on any atom is 0.178 e. The highest BCUT2D eigenvalue weighted by Crippen LogP contribution is 2.29. The molecule has 0 unspecified atom stereocenters. The highest BCUT2D eigenvalue weighted by atomic mass is 32.2. The van der Waals surface area contributed by atoms with Gasteiger partial charge in [-0.15, -0.1) is 0 Å². The molecule has 1 aromatic rings. The van der Waals surface area contributed by atoms with Gasteiger partial charge in [0.15, 0.2) is 29.5 Å². The summed E-state index contributed by atoms with van der Waals surface area (Å²) in [6.07, 6.45) is 2.37. The zero-order valence-corrected chi connectivity index (χ0v) is 13.0. The van der Waals surface area contributed by atoms with Gasteiger partial charge in [-0.05, 0) is 24.6 Å². The second kappa shape index (κ2) is 4.57. The third-order valence-electron chi connectivity index (χ3n) is 2.25. The molecule has 0 saturated carbocycles. The summed E-state index contributed by atoms with van der Waals surface area (Å²) < 4.78 is 70.0. The minimum atomic E-state index is -4.03. The van der Waals surface area contributed by atoms with E-state index in [2.05, 4.69) is 6.92 Å². The average Bonchev–Trinajstić information content (AvgIpc) is 2.11. The van der Waals surface area contributed by atoms with Gasteiger partial charge < -0.3 is 0 Å². The Morgan fingerprint density at radius 3 is 1.26 bits per heavy atom. The topological polar surface area (TPSA) is 102 Å². The van der Waals surface area contributed by atoms with Crippen LogP contribution < -0.4 is 0 Å². The first-order valence-corrected chi connectivity index (χ1v) is 10.5. The van der Waals surface area contributed by atoms with Crippen LogP contribution in [0.1, 0.15) is 5.56 Å². The van der Waals surface area contributed by atoms with E-state index in [0.29, 0.717) is 0 Å². The molecule has 0 aliphatic heterocycles. The van der Waals surface area contributed by atoms with Crippen LogP contribution in [-0.2, 0) is 29.5 Å². The lowest BCUT2D eigenvalue weighted by molar-refractivity contribution is 0.579. The Balaban J connectivity index is 4.15. The van der Waals surface area contributed by atoms with Crippen LogP contribution in [0.25, 0.3) is 0 Å². The summed E-state index contributed by atoms with van der Waals surface area (Å²) in [5, 5.41) is 0. The summed E-state index contributed by atoms with van der Waals surface area (Å²) >= 11 is 0. The predicted octanol–water partition coefficient (Wildman–Crippen LogP) is 0.0793. The van der Waals surface area contributed by atoms with Crippen LogP contribution in [-0.4, -0.2) is 44.0 Å². The molecule has 6 nitrogen and oxygen atoms in total. The molecule has 0 aromatic heterocycles. The van der Waals surface area contributed by atoms with E-state index < -0.39 is 44.2 Å². The fraction of sp³-hybridized carbons (Fsp3) is 0.300. The third-order valence-corrected chi connectivity index (χ3v) is 5.93. The molecule has 0 aliphatic rings. The van der Waals surface area contributed by atoms with Crippen LogP contribution in [0.4, 0.5) is 0 Å². The summed E-state index contributed by atoms with van der Waals surface area (Å²) in [4.78, 5) is -1.81. The molecule has 0 heterocycles. The van der Waals surface area contributed by atoms with Gasteiger partial charge in [0.1, 0.15) is 4.90 Å². The van der Waals surface area contributed by atoms with Crippen molar-refractivity contribution < 1.29 is 25.3 Å². The maximum absolute atomic E-state index is 11.7. The van der Waals surface area contributed by atoms with Crippen molar-refractivity contribution in [1.29, 1.82) is 0 Å². The minimum absolute atomic E-state index is 0.105. The van der Waals surface area contributed by atoms with Gasteiger partial charge in [-0.1, -0.05) is 0 Å². The van der Waals surface area contributed by atoms with Crippen LogP contribution in [0.2, 0.25) is 0 Å². The minimum Gasteiger partial charge on any atom is -0.224 e. The first-order chi connectivity index (χ1) is 8.24. The van der Waals surface area contributed by atoms with E-state index in [1.165, 1.54) is 0 Å². The molecule has 9 heteroatoms. The monoisotopic (exact) mass is 325 g/mol. The van der Waals surface area contributed by atoms with Crippen LogP contribution in [0.15, 0.2) is 26.8 Å². The number of benzene rings is 1. The molecule has 0 N–H and O–H groups in total. The van der Waals surface area contributed by atoms with Crippen LogP contribution in [0.3, 0.4) is 0 Å². The quantitative estimate of drug-likeness (QED) is 0.780. The molecule has 1 radical (unpaired) electrons. The van der Waals surface area contributed by atoms with Crippen LogP contribution in [0.5, 0.6) is 0 Å². The van der Waals surface area contributed by atoms with Gasteiger partial charge in [-0.25, -0.2) is 25.3 Å². The fourth-order valence-corrected chi connectivity index (χ4v) is 5.90. The zero-order chi connectivity index (χ0) is 15.2. The molecular formula is C10H13O6S3. The Morgan fingerprint density at radius 2 is 1.05 bits per heavy atom. The molecular weight excluding hydrogens is 312 g/mol. The van der Waals surface area contributed by atoms with Gasteiger partial charge in [-0.2, -0.15) is 0 Å². The van der Waals surface area contributed by atoms with Crippen molar-refractivity contribution in [1.82, 2.24) is 0 Å². The third kappa shape index (κ3) is 3.54. The highest BCUT2D eigenvalue weighted by molar-refractivity contribution is 7.95. The van der Waals surface area contributed by atoms with E-state index in [4.69, 9.17) is 0 Å². The van der Waals surface area contributed by atoms with Gasteiger partial charge in [0.25, 0.3) is 0 Å². The van der Waals surface area contributed by atoms with Crippen molar-refractivity contribution >= 4 is 29.5 Å². The largest absolute Gasteiger partial charge is 0.224 e. The molecule has 1 rings (SSSR count). The molecule has 107 valence electrons. The van der Waals surface area contributed by atoms with E-state index in [0.717, 1.165) is 30.9 Å². The van der Waals surface area contributed by atoms with Crippen molar-refractivity contribution in [3.05, 3.63) is 24.6 Å². The maximum atomic E-state index is 11.7.